The van der Waals surface area contributed by atoms with E-state index in [0.717, 1.165) is 56.2 Å². The van der Waals surface area contributed by atoms with Gasteiger partial charge in [0, 0.05) is 42.9 Å². The first-order valence-corrected chi connectivity index (χ1v) is 6.70. The van der Waals surface area contributed by atoms with Gasteiger partial charge in [0.1, 0.15) is 11.9 Å². The Morgan fingerprint density at radius 2 is 2.22 bits per heavy atom. The molecule has 1 aliphatic heterocycles. The molecule has 1 aromatic heterocycles. The second-order valence-corrected chi connectivity index (χ2v) is 4.64. The fourth-order valence-electron chi connectivity index (χ4n) is 2.04. The van der Waals surface area contributed by atoms with Crippen LogP contribution in [0.3, 0.4) is 0 Å². The molecule has 0 aliphatic carbocycles. The van der Waals surface area contributed by atoms with Crippen molar-refractivity contribution in [2.45, 2.75) is 39.3 Å². The van der Waals surface area contributed by atoms with E-state index < -0.39 is 0 Å². The standard InChI is InChI=1S/C14H22N2O2/c1-3-15-9-12-10-16-11(2)8-14(12)18-13-4-6-17-7-5-13/h8,10,13,15H,3-7,9H2,1-2H3. The molecule has 4 nitrogen and oxygen atoms in total. The van der Waals surface area contributed by atoms with Crippen molar-refractivity contribution in [3.05, 3.63) is 23.5 Å². The summed E-state index contributed by atoms with van der Waals surface area (Å²) in [6.45, 7) is 7.45. The molecule has 18 heavy (non-hydrogen) atoms. The van der Waals surface area contributed by atoms with E-state index in [1.807, 2.05) is 19.2 Å². The van der Waals surface area contributed by atoms with Crippen molar-refractivity contribution in [1.82, 2.24) is 10.3 Å². The third-order valence-corrected chi connectivity index (χ3v) is 3.11. The molecule has 0 atom stereocenters. The number of hydrogen-bond donors (Lipinski definition) is 1. The summed E-state index contributed by atoms with van der Waals surface area (Å²) in [7, 11) is 0. The van der Waals surface area contributed by atoms with Crippen LogP contribution in [0.25, 0.3) is 0 Å². The smallest absolute Gasteiger partial charge is 0.127 e. The van der Waals surface area contributed by atoms with Crippen molar-refractivity contribution in [2.24, 2.45) is 0 Å². The van der Waals surface area contributed by atoms with Crippen LogP contribution in [0.5, 0.6) is 5.75 Å². The minimum absolute atomic E-state index is 0.279. The molecule has 2 rings (SSSR count). The summed E-state index contributed by atoms with van der Waals surface area (Å²) in [4.78, 5) is 4.34. The van der Waals surface area contributed by atoms with E-state index in [1.54, 1.807) is 0 Å². The first-order valence-electron chi connectivity index (χ1n) is 6.70. The molecule has 4 heteroatoms. The molecule has 0 amide bonds. The highest BCUT2D eigenvalue weighted by Crippen LogP contribution is 2.23. The molecule has 0 radical (unpaired) electrons. The molecule has 0 aromatic carbocycles. The Labute approximate surface area is 109 Å². The first-order chi connectivity index (χ1) is 8.79. The fourth-order valence-corrected chi connectivity index (χ4v) is 2.04. The highest BCUT2D eigenvalue weighted by atomic mass is 16.5. The lowest BCUT2D eigenvalue weighted by atomic mass is 10.1. The molecule has 1 aromatic rings. The van der Waals surface area contributed by atoms with Gasteiger partial charge in [0.25, 0.3) is 0 Å². The van der Waals surface area contributed by atoms with Crippen LogP contribution in [0.15, 0.2) is 12.3 Å². The number of ether oxygens (including phenoxy) is 2. The molecular weight excluding hydrogens is 228 g/mol. The van der Waals surface area contributed by atoms with Gasteiger partial charge < -0.3 is 14.8 Å². The van der Waals surface area contributed by atoms with Crippen molar-refractivity contribution in [3.63, 3.8) is 0 Å². The zero-order valence-electron chi connectivity index (χ0n) is 11.2. The van der Waals surface area contributed by atoms with Crippen molar-refractivity contribution in [3.8, 4) is 5.75 Å². The van der Waals surface area contributed by atoms with E-state index in [4.69, 9.17) is 9.47 Å². The molecule has 1 saturated heterocycles. The summed E-state index contributed by atoms with van der Waals surface area (Å²) in [5.41, 5.74) is 2.13. The number of aryl methyl sites for hydroxylation is 1. The third-order valence-electron chi connectivity index (χ3n) is 3.11. The van der Waals surface area contributed by atoms with Crippen LogP contribution < -0.4 is 10.1 Å². The van der Waals surface area contributed by atoms with Crippen LogP contribution in [-0.2, 0) is 11.3 Å². The summed E-state index contributed by atoms with van der Waals surface area (Å²) in [5, 5.41) is 3.32. The van der Waals surface area contributed by atoms with Gasteiger partial charge in [-0.05, 0) is 13.5 Å². The van der Waals surface area contributed by atoms with Gasteiger partial charge in [-0.1, -0.05) is 6.92 Å². The van der Waals surface area contributed by atoms with E-state index in [2.05, 4.69) is 17.2 Å². The Balaban J connectivity index is 2.05. The van der Waals surface area contributed by atoms with Crippen molar-refractivity contribution < 1.29 is 9.47 Å². The van der Waals surface area contributed by atoms with Crippen LogP contribution in [0.4, 0.5) is 0 Å². The Hall–Kier alpha value is -1.13. The zero-order valence-corrected chi connectivity index (χ0v) is 11.2. The Morgan fingerprint density at radius 3 is 2.94 bits per heavy atom. The van der Waals surface area contributed by atoms with Gasteiger partial charge in [0.15, 0.2) is 0 Å². The van der Waals surface area contributed by atoms with Gasteiger partial charge in [-0.15, -0.1) is 0 Å². The Bertz CT molecular complexity index is 376. The maximum absolute atomic E-state index is 6.10. The fraction of sp³-hybridized carbons (Fsp3) is 0.643. The monoisotopic (exact) mass is 250 g/mol. The average molecular weight is 250 g/mol. The number of aromatic nitrogens is 1. The van der Waals surface area contributed by atoms with E-state index >= 15 is 0 Å². The van der Waals surface area contributed by atoms with Crippen LogP contribution in [-0.4, -0.2) is 30.8 Å². The lowest BCUT2D eigenvalue weighted by Crippen LogP contribution is -2.26. The second-order valence-electron chi connectivity index (χ2n) is 4.64. The molecule has 2 heterocycles. The largest absolute Gasteiger partial charge is 0.490 e. The van der Waals surface area contributed by atoms with Gasteiger partial charge in [0.05, 0.1) is 13.2 Å². The van der Waals surface area contributed by atoms with E-state index in [1.165, 1.54) is 0 Å². The molecule has 0 saturated carbocycles. The third kappa shape index (κ3) is 3.68. The number of pyridine rings is 1. The predicted molar refractivity (Wildman–Crippen MR) is 70.8 cm³/mol. The summed E-state index contributed by atoms with van der Waals surface area (Å²) < 4.78 is 11.5. The van der Waals surface area contributed by atoms with Gasteiger partial charge >= 0.3 is 0 Å². The normalized spacial score (nSPS) is 16.8. The minimum atomic E-state index is 0.279. The first kappa shape index (κ1) is 13.3. The van der Waals surface area contributed by atoms with Crippen molar-refractivity contribution >= 4 is 0 Å². The van der Waals surface area contributed by atoms with Crippen LogP contribution >= 0.6 is 0 Å². The second kappa shape index (κ2) is 6.71. The number of nitrogens with one attached hydrogen (secondary N) is 1. The number of rotatable bonds is 5. The van der Waals surface area contributed by atoms with Crippen LogP contribution in [0.1, 0.15) is 31.0 Å². The lowest BCUT2D eigenvalue weighted by molar-refractivity contribution is 0.0251. The Kier molecular flexibility index (Phi) is 4.96. The zero-order chi connectivity index (χ0) is 12.8. The van der Waals surface area contributed by atoms with Crippen molar-refractivity contribution in [2.75, 3.05) is 19.8 Å². The average Bonchev–Trinajstić information content (AvgIpc) is 2.39. The molecular formula is C14H22N2O2. The lowest BCUT2D eigenvalue weighted by Gasteiger charge is -2.24. The molecule has 0 bridgehead atoms. The summed E-state index contributed by atoms with van der Waals surface area (Å²) >= 11 is 0. The number of nitrogens with zero attached hydrogens (tertiary/aromatic N) is 1. The molecule has 1 fully saturated rings. The highest BCUT2D eigenvalue weighted by Gasteiger charge is 2.17. The van der Waals surface area contributed by atoms with Gasteiger partial charge in [0.2, 0.25) is 0 Å². The van der Waals surface area contributed by atoms with Gasteiger partial charge in [-0.3, -0.25) is 4.98 Å². The summed E-state index contributed by atoms with van der Waals surface area (Å²) in [6, 6.07) is 2.03. The maximum Gasteiger partial charge on any atom is 0.127 e. The van der Waals surface area contributed by atoms with Gasteiger partial charge in [-0.25, -0.2) is 0 Å². The SMILES string of the molecule is CCNCc1cnc(C)cc1OC1CCOCC1. The van der Waals surface area contributed by atoms with Crippen LogP contribution in [0, 0.1) is 6.92 Å². The van der Waals surface area contributed by atoms with Gasteiger partial charge in [-0.2, -0.15) is 0 Å². The number of hydrogen-bond acceptors (Lipinski definition) is 4. The maximum atomic E-state index is 6.10. The quantitative estimate of drug-likeness (QED) is 0.868. The molecule has 1 N–H and O–H groups in total. The minimum Gasteiger partial charge on any atom is -0.490 e. The molecule has 100 valence electrons. The van der Waals surface area contributed by atoms with Crippen molar-refractivity contribution in [1.29, 1.82) is 0 Å². The van der Waals surface area contributed by atoms with Crippen LogP contribution in [0.2, 0.25) is 0 Å². The molecule has 0 unspecified atom stereocenters. The highest BCUT2D eigenvalue weighted by molar-refractivity contribution is 5.33. The topological polar surface area (TPSA) is 43.4 Å². The van der Waals surface area contributed by atoms with E-state index in [9.17, 15) is 0 Å². The summed E-state index contributed by atoms with van der Waals surface area (Å²) in [6.07, 6.45) is 4.14. The Morgan fingerprint density at radius 1 is 1.44 bits per heavy atom. The van der Waals surface area contributed by atoms with E-state index in [-0.39, 0.29) is 6.10 Å². The molecule has 1 aliphatic rings. The molecule has 0 spiro atoms. The van der Waals surface area contributed by atoms with E-state index in [0.29, 0.717) is 0 Å². The summed E-state index contributed by atoms with van der Waals surface area (Å²) in [5.74, 6) is 0.968. The predicted octanol–water partition coefficient (Wildman–Crippen LogP) is 2.06.